The number of ketones is 1. The Bertz CT molecular complexity index is 284. The van der Waals surface area contributed by atoms with Crippen LogP contribution in [0.5, 0.6) is 0 Å². The third-order valence-electron chi connectivity index (χ3n) is 1.97. The fraction of sp³-hybridized carbons (Fsp3) is 0.300. The van der Waals surface area contributed by atoms with Gasteiger partial charge in [0, 0.05) is 16.5 Å². The van der Waals surface area contributed by atoms with Gasteiger partial charge in [-0.15, -0.1) is 0 Å². The molecule has 0 amide bonds. The zero-order chi connectivity index (χ0) is 9.14. The molecule has 12 heavy (non-hydrogen) atoms. The standard InChI is InChI=1S/C10H11BrO/c1-3-7-8(9(11)4-2)5-6-10(7)12/h3-4H,1,5-6H2,2H3/b9-4+. The summed E-state index contributed by atoms with van der Waals surface area (Å²) in [6.07, 6.45) is 5.07. The van der Waals surface area contributed by atoms with Crippen molar-refractivity contribution in [2.75, 3.05) is 0 Å². The lowest BCUT2D eigenvalue weighted by atomic mass is 10.1. The van der Waals surface area contributed by atoms with E-state index in [2.05, 4.69) is 22.5 Å². The monoisotopic (exact) mass is 226 g/mol. The summed E-state index contributed by atoms with van der Waals surface area (Å²) in [6, 6.07) is 0. The van der Waals surface area contributed by atoms with E-state index in [0.717, 1.165) is 22.0 Å². The number of hydrogen-bond acceptors (Lipinski definition) is 1. The van der Waals surface area contributed by atoms with Gasteiger partial charge < -0.3 is 0 Å². The van der Waals surface area contributed by atoms with Crippen molar-refractivity contribution in [1.82, 2.24) is 0 Å². The molecular formula is C10H11BrO. The van der Waals surface area contributed by atoms with Gasteiger partial charge in [-0.3, -0.25) is 4.79 Å². The molecule has 0 atom stereocenters. The average Bonchev–Trinajstić information content (AvgIpc) is 2.45. The summed E-state index contributed by atoms with van der Waals surface area (Å²) < 4.78 is 1.02. The van der Waals surface area contributed by atoms with E-state index in [0.29, 0.717) is 6.42 Å². The molecule has 0 radical (unpaired) electrons. The van der Waals surface area contributed by atoms with Crippen molar-refractivity contribution in [2.45, 2.75) is 19.8 Å². The Balaban J connectivity index is 3.09. The van der Waals surface area contributed by atoms with Crippen LogP contribution in [-0.4, -0.2) is 5.78 Å². The van der Waals surface area contributed by atoms with Crippen LogP contribution in [0.2, 0.25) is 0 Å². The molecular weight excluding hydrogens is 216 g/mol. The van der Waals surface area contributed by atoms with Crippen LogP contribution < -0.4 is 0 Å². The van der Waals surface area contributed by atoms with E-state index < -0.39 is 0 Å². The van der Waals surface area contributed by atoms with Crippen LogP contribution in [0.4, 0.5) is 0 Å². The normalized spacial score (nSPS) is 18.8. The van der Waals surface area contributed by atoms with Gasteiger partial charge in [-0.2, -0.15) is 0 Å². The molecule has 0 aromatic carbocycles. The molecule has 0 aromatic heterocycles. The minimum absolute atomic E-state index is 0.207. The van der Waals surface area contributed by atoms with Gasteiger partial charge in [0.2, 0.25) is 0 Å². The quantitative estimate of drug-likeness (QED) is 0.708. The Kier molecular flexibility index (Phi) is 3.04. The topological polar surface area (TPSA) is 17.1 Å². The molecule has 0 fully saturated rings. The van der Waals surface area contributed by atoms with Crippen molar-refractivity contribution in [2.24, 2.45) is 0 Å². The summed E-state index contributed by atoms with van der Waals surface area (Å²) in [5.41, 5.74) is 1.87. The lowest BCUT2D eigenvalue weighted by Crippen LogP contribution is -1.91. The average molecular weight is 227 g/mol. The van der Waals surface area contributed by atoms with Gasteiger partial charge in [0.05, 0.1) is 0 Å². The van der Waals surface area contributed by atoms with E-state index in [9.17, 15) is 4.79 Å². The highest BCUT2D eigenvalue weighted by molar-refractivity contribution is 9.12. The summed E-state index contributed by atoms with van der Waals surface area (Å²) >= 11 is 3.42. The lowest BCUT2D eigenvalue weighted by molar-refractivity contribution is -0.114. The van der Waals surface area contributed by atoms with Crippen LogP contribution in [0, 0.1) is 0 Å². The largest absolute Gasteiger partial charge is 0.294 e. The van der Waals surface area contributed by atoms with Crippen molar-refractivity contribution in [1.29, 1.82) is 0 Å². The van der Waals surface area contributed by atoms with Crippen LogP contribution in [-0.2, 0) is 4.79 Å². The smallest absolute Gasteiger partial charge is 0.163 e. The van der Waals surface area contributed by atoms with E-state index in [1.54, 1.807) is 6.08 Å². The van der Waals surface area contributed by atoms with Crippen molar-refractivity contribution in [3.8, 4) is 0 Å². The van der Waals surface area contributed by atoms with Gasteiger partial charge in [0.1, 0.15) is 0 Å². The molecule has 0 saturated carbocycles. The highest BCUT2D eigenvalue weighted by atomic mass is 79.9. The molecule has 1 aliphatic carbocycles. The first-order valence-electron chi connectivity index (χ1n) is 3.91. The molecule has 0 N–H and O–H groups in total. The van der Waals surface area contributed by atoms with Gasteiger partial charge in [-0.25, -0.2) is 0 Å². The number of rotatable bonds is 2. The zero-order valence-corrected chi connectivity index (χ0v) is 8.65. The molecule has 0 bridgehead atoms. The van der Waals surface area contributed by atoms with Crippen LogP contribution >= 0.6 is 15.9 Å². The van der Waals surface area contributed by atoms with E-state index in [-0.39, 0.29) is 5.78 Å². The Labute approximate surface area is 81.0 Å². The molecule has 1 nitrogen and oxygen atoms in total. The summed E-state index contributed by atoms with van der Waals surface area (Å²) in [5.74, 6) is 0.207. The van der Waals surface area contributed by atoms with Crippen molar-refractivity contribution >= 4 is 21.7 Å². The SMILES string of the molecule is C=CC1=C(/C(Br)=C\C)CCC1=O. The number of hydrogen-bond donors (Lipinski definition) is 0. The summed E-state index contributed by atoms with van der Waals surface area (Å²) in [5, 5.41) is 0. The molecule has 0 saturated heterocycles. The molecule has 1 rings (SSSR count). The molecule has 0 heterocycles. The third kappa shape index (κ3) is 1.58. The van der Waals surface area contributed by atoms with E-state index in [1.807, 2.05) is 13.0 Å². The van der Waals surface area contributed by atoms with E-state index in [4.69, 9.17) is 0 Å². The van der Waals surface area contributed by atoms with Crippen LogP contribution in [0.25, 0.3) is 0 Å². The molecule has 0 aliphatic heterocycles. The van der Waals surface area contributed by atoms with Crippen LogP contribution in [0.15, 0.2) is 34.4 Å². The molecule has 64 valence electrons. The number of Topliss-reactive ketones (excluding diaryl/α,β-unsaturated/α-hetero) is 1. The maximum absolute atomic E-state index is 11.3. The van der Waals surface area contributed by atoms with Gasteiger partial charge in [-0.05, 0) is 18.9 Å². The number of allylic oxidation sites excluding steroid dienone is 5. The van der Waals surface area contributed by atoms with Crippen molar-refractivity contribution in [3.05, 3.63) is 34.4 Å². The highest BCUT2D eigenvalue weighted by Crippen LogP contribution is 2.32. The first kappa shape index (κ1) is 9.46. The number of halogens is 1. The summed E-state index contributed by atoms with van der Waals surface area (Å²) in [6.45, 7) is 5.58. The first-order valence-corrected chi connectivity index (χ1v) is 4.71. The maximum atomic E-state index is 11.3. The molecule has 1 aliphatic rings. The van der Waals surface area contributed by atoms with Crippen LogP contribution in [0.3, 0.4) is 0 Å². The molecule has 0 spiro atoms. The van der Waals surface area contributed by atoms with Gasteiger partial charge in [0.15, 0.2) is 5.78 Å². The first-order chi connectivity index (χ1) is 5.70. The Morgan fingerprint density at radius 3 is 2.75 bits per heavy atom. The molecule has 0 aromatic rings. The lowest BCUT2D eigenvalue weighted by Gasteiger charge is -1.99. The zero-order valence-electron chi connectivity index (χ0n) is 7.06. The minimum atomic E-state index is 0.207. The Hall–Kier alpha value is -0.630. The Morgan fingerprint density at radius 1 is 1.58 bits per heavy atom. The third-order valence-corrected chi connectivity index (χ3v) is 2.91. The predicted octanol–water partition coefficient (Wildman–Crippen LogP) is 3.13. The minimum Gasteiger partial charge on any atom is -0.294 e. The highest BCUT2D eigenvalue weighted by Gasteiger charge is 2.21. The van der Waals surface area contributed by atoms with E-state index in [1.165, 1.54) is 0 Å². The number of carbonyl (C=O) groups excluding carboxylic acids is 1. The fourth-order valence-corrected chi connectivity index (χ4v) is 1.75. The fourth-order valence-electron chi connectivity index (χ4n) is 1.34. The van der Waals surface area contributed by atoms with Gasteiger partial charge in [-0.1, -0.05) is 34.7 Å². The predicted molar refractivity (Wildman–Crippen MR) is 54.1 cm³/mol. The summed E-state index contributed by atoms with van der Waals surface area (Å²) in [7, 11) is 0. The van der Waals surface area contributed by atoms with E-state index >= 15 is 0 Å². The number of carbonyl (C=O) groups is 1. The second-order valence-electron chi connectivity index (χ2n) is 2.66. The second-order valence-corrected chi connectivity index (χ2v) is 3.51. The van der Waals surface area contributed by atoms with Crippen molar-refractivity contribution < 1.29 is 4.79 Å². The van der Waals surface area contributed by atoms with Crippen molar-refractivity contribution in [3.63, 3.8) is 0 Å². The summed E-state index contributed by atoms with van der Waals surface area (Å²) in [4.78, 5) is 11.3. The molecule has 0 unspecified atom stereocenters. The van der Waals surface area contributed by atoms with Crippen LogP contribution in [0.1, 0.15) is 19.8 Å². The van der Waals surface area contributed by atoms with Gasteiger partial charge in [0.25, 0.3) is 0 Å². The maximum Gasteiger partial charge on any atom is 0.163 e. The Morgan fingerprint density at radius 2 is 2.25 bits per heavy atom. The van der Waals surface area contributed by atoms with Gasteiger partial charge >= 0.3 is 0 Å². The second kappa shape index (κ2) is 3.85. The molecule has 2 heteroatoms.